The number of rotatable bonds is 4. The van der Waals surface area contributed by atoms with Crippen LogP contribution in [0.15, 0.2) is 24.3 Å². The number of aryl methyl sites for hydroxylation is 1. The number of amides is 2. The zero-order valence-corrected chi connectivity index (χ0v) is 13.4. The van der Waals surface area contributed by atoms with Crippen molar-refractivity contribution in [3.05, 3.63) is 40.7 Å². The van der Waals surface area contributed by atoms with Gasteiger partial charge < -0.3 is 10.6 Å². The molecule has 3 rings (SSSR count). The van der Waals surface area contributed by atoms with Crippen LogP contribution in [0.4, 0.5) is 4.39 Å². The Morgan fingerprint density at radius 2 is 2.26 bits per heavy atom. The van der Waals surface area contributed by atoms with Crippen molar-refractivity contribution in [2.75, 3.05) is 0 Å². The quantitative estimate of drug-likeness (QED) is 0.901. The molecular formula is C16H16FN3O2S. The second-order valence-electron chi connectivity index (χ2n) is 5.38. The van der Waals surface area contributed by atoms with Gasteiger partial charge in [-0.1, -0.05) is 12.1 Å². The Hall–Kier alpha value is -2.28. The third-order valence-corrected chi connectivity index (χ3v) is 4.92. The molecule has 1 fully saturated rings. The number of carbonyl (C=O) groups is 2. The summed E-state index contributed by atoms with van der Waals surface area (Å²) in [5.41, 5.74) is 1.23. The molecule has 2 N–H and O–H groups in total. The molecule has 0 bridgehead atoms. The van der Waals surface area contributed by atoms with Crippen LogP contribution in [-0.4, -0.2) is 22.8 Å². The highest BCUT2D eigenvalue weighted by atomic mass is 32.1. The molecular weight excluding hydrogens is 317 g/mol. The second-order valence-corrected chi connectivity index (χ2v) is 6.47. The maximum absolute atomic E-state index is 13.8. The first-order valence-corrected chi connectivity index (χ1v) is 8.14. The molecule has 1 aliphatic rings. The summed E-state index contributed by atoms with van der Waals surface area (Å²) in [7, 11) is 0. The Bertz CT molecular complexity index is 760. The summed E-state index contributed by atoms with van der Waals surface area (Å²) in [5.74, 6) is -0.609. The topological polar surface area (TPSA) is 71.1 Å². The lowest BCUT2D eigenvalue weighted by molar-refractivity contribution is -0.125. The molecule has 1 aliphatic heterocycles. The minimum absolute atomic E-state index is 0.0963. The third kappa shape index (κ3) is 3.39. The van der Waals surface area contributed by atoms with Crippen LogP contribution in [-0.2, 0) is 16.1 Å². The molecule has 23 heavy (non-hydrogen) atoms. The lowest BCUT2D eigenvalue weighted by Crippen LogP contribution is -2.41. The van der Waals surface area contributed by atoms with Gasteiger partial charge >= 0.3 is 0 Å². The van der Waals surface area contributed by atoms with E-state index in [1.54, 1.807) is 18.2 Å². The molecule has 120 valence electrons. The van der Waals surface area contributed by atoms with E-state index in [2.05, 4.69) is 15.6 Å². The highest BCUT2D eigenvalue weighted by Crippen LogP contribution is 2.29. The van der Waals surface area contributed by atoms with Crippen molar-refractivity contribution in [3.63, 3.8) is 0 Å². The average Bonchev–Trinajstić information content (AvgIpc) is 3.11. The zero-order chi connectivity index (χ0) is 16.4. The Labute approximate surface area is 136 Å². The van der Waals surface area contributed by atoms with Crippen molar-refractivity contribution in [1.82, 2.24) is 15.6 Å². The van der Waals surface area contributed by atoms with E-state index in [0.717, 1.165) is 10.6 Å². The van der Waals surface area contributed by atoms with Crippen molar-refractivity contribution in [2.24, 2.45) is 0 Å². The summed E-state index contributed by atoms with van der Waals surface area (Å²) in [6, 6.07) is 6.03. The summed E-state index contributed by atoms with van der Waals surface area (Å²) in [4.78, 5) is 28.4. The van der Waals surface area contributed by atoms with Gasteiger partial charge in [0.1, 0.15) is 16.9 Å². The number of benzene rings is 1. The van der Waals surface area contributed by atoms with Crippen LogP contribution in [0.5, 0.6) is 0 Å². The molecule has 0 spiro atoms. The molecule has 1 unspecified atom stereocenters. The predicted octanol–water partition coefficient (Wildman–Crippen LogP) is 2.15. The molecule has 1 aromatic carbocycles. The van der Waals surface area contributed by atoms with E-state index in [4.69, 9.17) is 0 Å². The Morgan fingerprint density at radius 1 is 1.48 bits per heavy atom. The highest BCUT2D eigenvalue weighted by Gasteiger charge is 2.27. The van der Waals surface area contributed by atoms with Gasteiger partial charge in [0.2, 0.25) is 11.8 Å². The van der Waals surface area contributed by atoms with E-state index < -0.39 is 6.04 Å². The van der Waals surface area contributed by atoms with Gasteiger partial charge in [-0.15, -0.1) is 11.3 Å². The summed E-state index contributed by atoms with van der Waals surface area (Å²) in [6.07, 6.45) is 0.905. The fourth-order valence-corrected chi connectivity index (χ4v) is 3.47. The van der Waals surface area contributed by atoms with Crippen molar-refractivity contribution in [1.29, 1.82) is 0 Å². The molecule has 2 aromatic rings. The van der Waals surface area contributed by atoms with Gasteiger partial charge in [0, 0.05) is 16.9 Å². The number of thiazole rings is 1. The van der Waals surface area contributed by atoms with Crippen LogP contribution in [0.2, 0.25) is 0 Å². The molecule has 2 heterocycles. The Balaban J connectivity index is 1.68. The maximum atomic E-state index is 13.8. The summed E-state index contributed by atoms with van der Waals surface area (Å²) >= 11 is 1.36. The van der Waals surface area contributed by atoms with E-state index in [0.29, 0.717) is 30.0 Å². The summed E-state index contributed by atoms with van der Waals surface area (Å²) in [5, 5.41) is 6.03. The lowest BCUT2D eigenvalue weighted by Gasteiger charge is -2.10. The summed E-state index contributed by atoms with van der Waals surface area (Å²) in [6.45, 7) is 2.16. The van der Waals surface area contributed by atoms with Crippen LogP contribution in [0.1, 0.15) is 23.4 Å². The minimum Gasteiger partial charge on any atom is -0.349 e. The second kappa shape index (κ2) is 6.45. The molecule has 2 amide bonds. The first-order chi connectivity index (χ1) is 11.0. The number of nitrogens with one attached hydrogen (secondary N) is 2. The highest BCUT2D eigenvalue weighted by molar-refractivity contribution is 7.15. The molecule has 1 atom stereocenters. The van der Waals surface area contributed by atoms with Crippen LogP contribution in [0, 0.1) is 12.7 Å². The minimum atomic E-state index is -0.457. The van der Waals surface area contributed by atoms with Gasteiger partial charge in [0.05, 0.1) is 12.2 Å². The zero-order valence-electron chi connectivity index (χ0n) is 12.6. The molecule has 1 saturated heterocycles. The number of carbonyl (C=O) groups excluding carboxylic acids is 2. The van der Waals surface area contributed by atoms with Crippen LogP contribution in [0.3, 0.4) is 0 Å². The van der Waals surface area contributed by atoms with Crippen molar-refractivity contribution in [2.45, 2.75) is 32.4 Å². The number of hydrogen-bond donors (Lipinski definition) is 2. The lowest BCUT2D eigenvalue weighted by atomic mass is 10.2. The number of nitrogens with zero attached hydrogens (tertiary/aromatic N) is 1. The van der Waals surface area contributed by atoms with Crippen molar-refractivity contribution >= 4 is 23.2 Å². The van der Waals surface area contributed by atoms with Crippen LogP contribution < -0.4 is 10.6 Å². The monoisotopic (exact) mass is 333 g/mol. The third-order valence-electron chi connectivity index (χ3n) is 3.73. The van der Waals surface area contributed by atoms with Crippen LogP contribution >= 0.6 is 11.3 Å². The van der Waals surface area contributed by atoms with E-state index in [9.17, 15) is 14.0 Å². The molecule has 1 aromatic heterocycles. The molecule has 0 saturated carbocycles. The number of hydrogen-bond acceptors (Lipinski definition) is 4. The van der Waals surface area contributed by atoms with E-state index in [1.165, 1.54) is 17.4 Å². The van der Waals surface area contributed by atoms with Crippen molar-refractivity contribution < 1.29 is 14.0 Å². The SMILES string of the molecule is Cc1nc(-c2ccccc2F)sc1CNC(=O)C1CCC(=O)N1. The van der Waals surface area contributed by atoms with Gasteiger partial charge in [-0.3, -0.25) is 9.59 Å². The molecule has 5 nitrogen and oxygen atoms in total. The standard InChI is InChI=1S/C16H16FN3O2S/c1-9-13(8-18-15(22)12-6-7-14(21)20-12)23-16(19-9)10-4-2-3-5-11(10)17/h2-5,12H,6-8H2,1H3,(H,18,22)(H,20,21). The van der Waals surface area contributed by atoms with Crippen molar-refractivity contribution in [3.8, 4) is 10.6 Å². The fraction of sp³-hybridized carbons (Fsp3) is 0.312. The normalized spacial score (nSPS) is 17.1. The van der Waals surface area contributed by atoms with E-state index in [-0.39, 0.29) is 17.6 Å². The first-order valence-electron chi connectivity index (χ1n) is 7.33. The largest absolute Gasteiger partial charge is 0.349 e. The fourth-order valence-electron chi connectivity index (χ4n) is 2.44. The maximum Gasteiger partial charge on any atom is 0.242 e. The predicted molar refractivity (Wildman–Crippen MR) is 85.3 cm³/mol. The number of halogens is 1. The molecule has 0 radical (unpaired) electrons. The van der Waals surface area contributed by atoms with Gasteiger partial charge in [0.15, 0.2) is 0 Å². The Morgan fingerprint density at radius 3 is 2.96 bits per heavy atom. The van der Waals surface area contributed by atoms with Crippen LogP contribution in [0.25, 0.3) is 10.6 Å². The van der Waals surface area contributed by atoms with E-state index in [1.807, 2.05) is 6.92 Å². The van der Waals surface area contributed by atoms with Gasteiger partial charge in [-0.05, 0) is 25.5 Å². The van der Waals surface area contributed by atoms with Gasteiger partial charge in [-0.25, -0.2) is 9.37 Å². The number of aromatic nitrogens is 1. The van der Waals surface area contributed by atoms with Gasteiger partial charge in [0.25, 0.3) is 0 Å². The first kappa shape index (κ1) is 15.6. The van der Waals surface area contributed by atoms with Gasteiger partial charge in [-0.2, -0.15) is 0 Å². The average molecular weight is 333 g/mol. The Kier molecular flexibility index (Phi) is 4.38. The molecule has 7 heteroatoms. The molecule has 0 aliphatic carbocycles. The smallest absolute Gasteiger partial charge is 0.242 e. The summed E-state index contributed by atoms with van der Waals surface area (Å²) < 4.78 is 13.8. The van der Waals surface area contributed by atoms with E-state index >= 15 is 0 Å².